The van der Waals surface area contributed by atoms with Gasteiger partial charge in [0.25, 0.3) is 11.8 Å². The first-order valence-electron chi connectivity index (χ1n) is 21.2. The Morgan fingerprint density at radius 1 is 0.750 bits per heavy atom. The third-order valence-electron chi connectivity index (χ3n) is 13.1. The van der Waals surface area contributed by atoms with Gasteiger partial charge in [-0.2, -0.15) is 5.10 Å². The summed E-state index contributed by atoms with van der Waals surface area (Å²) in [5.41, 5.74) is 10.4. The second-order valence-electron chi connectivity index (χ2n) is 16.7. The van der Waals surface area contributed by atoms with E-state index in [0.29, 0.717) is 28.9 Å². The highest BCUT2D eigenvalue weighted by molar-refractivity contribution is 6.25. The molecule has 3 saturated heterocycles. The lowest BCUT2D eigenvalue weighted by Crippen LogP contribution is -2.54. The van der Waals surface area contributed by atoms with Gasteiger partial charge in [-0.15, -0.1) is 0 Å². The maximum atomic E-state index is 13.7. The number of benzene rings is 3. The van der Waals surface area contributed by atoms with Gasteiger partial charge in [0.15, 0.2) is 5.65 Å². The van der Waals surface area contributed by atoms with Crippen molar-refractivity contribution in [2.24, 2.45) is 5.92 Å². The number of amides is 4. The van der Waals surface area contributed by atoms with Gasteiger partial charge in [0.2, 0.25) is 11.8 Å². The molecule has 60 heavy (non-hydrogen) atoms. The number of nitrogens with two attached hydrogens (primary N) is 1. The van der Waals surface area contributed by atoms with E-state index in [1.165, 1.54) is 6.33 Å². The number of piperazine rings is 1. The number of anilines is 2. The number of ether oxygens (including phenoxy) is 1. The second-order valence-corrected chi connectivity index (χ2v) is 16.7. The summed E-state index contributed by atoms with van der Waals surface area (Å²) in [6, 6.07) is 22.8. The molecule has 308 valence electrons. The first-order chi connectivity index (χ1) is 29.3. The zero-order chi connectivity index (χ0) is 40.9. The number of carbonyl (C=O) groups is 4. The topological polar surface area (TPSA) is 172 Å². The van der Waals surface area contributed by atoms with Crippen molar-refractivity contribution < 1.29 is 23.9 Å². The number of piperidine rings is 1. The summed E-state index contributed by atoms with van der Waals surface area (Å²) in [6.07, 6.45) is 6.97. The number of hydrogen-bond acceptors (Lipinski definition) is 12. The molecule has 0 bridgehead atoms. The molecule has 5 aromatic rings. The molecule has 0 radical (unpaired) electrons. The molecule has 3 aromatic carbocycles. The van der Waals surface area contributed by atoms with Gasteiger partial charge >= 0.3 is 0 Å². The Labute approximate surface area is 347 Å². The van der Waals surface area contributed by atoms with Crippen molar-refractivity contribution >= 4 is 46.2 Å². The van der Waals surface area contributed by atoms with Crippen molar-refractivity contribution in [2.75, 3.05) is 56.4 Å². The zero-order valence-corrected chi connectivity index (χ0v) is 33.4. The number of fused-ring (bicyclic) bond motifs is 2. The summed E-state index contributed by atoms with van der Waals surface area (Å²) in [5.74, 6) is 0.496. The predicted octanol–water partition coefficient (Wildman–Crippen LogP) is 4.90. The molecule has 4 amide bonds. The minimum atomic E-state index is -0.973. The number of nitrogens with zero attached hydrogens (tertiary/aromatic N) is 8. The number of carbonyl (C=O) groups excluding carboxylic acids is 4. The zero-order valence-electron chi connectivity index (χ0n) is 33.4. The van der Waals surface area contributed by atoms with Crippen LogP contribution in [0.5, 0.6) is 11.5 Å². The third kappa shape index (κ3) is 7.04. The van der Waals surface area contributed by atoms with Gasteiger partial charge < -0.3 is 20.3 Å². The summed E-state index contributed by atoms with van der Waals surface area (Å²) in [4.78, 5) is 69.0. The Morgan fingerprint density at radius 3 is 2.27 bits per heavy atom. The number of aromatic nitrogens is 4. The average Bonchev–Trinajstić information content (AvgIpc) is 3.97. The van der Waals surface area contributed by atoms with Crippen LogP contribution < -0.4 is 20.7 Å². The van der Waals surface area contributed by atoms with E-state index in [9.17, 15) is 19.2 Å². The van der Waals surface area contributed by atoms with E-state index in [0.717, 1.165) is 122 Å². The van der Waals surface area contributed by atoms with E-state index in [1.54, 1.807) is 6.07 Å². The second kappa shape index (κ2) is 15.8. The van der Waals surface area contributed by atoms with E-state index in [4.69, 9.17) is 15.6 Å². The Hall–Kier alpha value is -6.19. The van der Waals surface area contributed by atoms with Crippen LogP contribution in [0.25, 0.3) is 22.3 Å². The average molecular weight is 809 g/mol. The van der Waals surface area contributed by atoms with Crippen LogP contribution in [0.2, 0.25) is 0 Å². The highest BCUT2D eigenvalue weighted by atomic mass is 16.5. The molecule has 10 rings (SSSR count). The Kier molecular flexibility index (Phi) is 10.00. The number of imide groups is 2. The van der Waals surface area contributed by atoms with Crippen LogP contribution >= 0.6 is 0 Å². The fourth-order valence-corrected chi connectivity index (χ4v) is 10.1. The fourth-order valence-electron chi connectivity index (χ4n) is 10.1. The molecular weight excluding hydrogens is 761 g/mol. The van der Waals surface area contributed by atoms with Crippen molar-refractivity contribution in [2.45, 2.75) is 63.1 Å². The monoisotopic (exact) mass is 808 g/mol. The normalized spacial score (nSPS) is 24.0. The Bertz CT molecular complexity index is 2460. The van der Waals surface area contributed by atoms with Crippen LogP contribution in [0.15, 0.2) is 79.1 Å². The molecule has 15 heteroatoms. The van der Waals surface area contributed by atoms with Gasteiger partial charge in [-0.3, -0.25) is 34.3 Å². The number of hydrogen-bond donors (Lipinski definition) is 2. The minimum Gasteiger partial charge on any atom is -0.457 e. The van der Waals surface area contributed by atoms with Crippen molar-refractivity contribution in [3.05, 3.63) is 90.3 Å². The molecule has 3 N–H and O–H groups in total. The Morgan fingerprint density at radius 2 is 1.50 bits per heavy atom. The van der Waals surface area contributed by atoms with Crippen LogP contribution in [0, 0.1) is 5.92 Å². The predicted molar refractivity (Wildman–Crippen MR) is 224 cm³/mol. The highest BCUT2D eigenvalue weighted by Gasteiger charge is 2.46. The molecule has 5 aliphatic rings. The molecule has 0 spiro atoms. The SMILES string of the molecule is Nc1ncnc2c1c(-c1ccc(Oc3ccccc3)cc1)nn2C1CCC(N2CCN(CC3CCN(c4cccc5c4C(=O)N(C4CCC(=O)NC4=O)C5=O)C3)CC2)CC1. The first kappa shape index (κ1) is 38.0. The van der Waals surface area contributed by atoms with Crippen molar-refractivity contribution in [3.8, 4) is 22.8 Å². The van der Waals surface area contributed by atoms with Gasteiger partial charge in [-0.05, 0) is 93.0 Å². The molecule has 1 saturated carbocycles. The lowest BCUT2D eigenvalue weighted by atomic mass is 9.90. The smallest absolute Gasteiger partial charge is 0.264 e. The lowest BCUT2D eigenvalue weighted by molar-refractivity contribution is -0.136. The minimum absolute atomic E-state index is 0.0982. The third-order valence-corrected chi connectivity index (χ3v) is 13.1. The van der Waals surface area contributed by atoms with Crippen LogP contribution in [-0.4, -0.2) is 116 Å². The summed E-state index contributed by atoms with van der Waals surface area (Å²) in [6.45, 7) is 6.69. The number of nitrogen functional groups attached to an aromatic ring is 1. The van der Waals surface area contributed by atoms with E-state index in [1.807, 2.05) is 66.7 Å². The van der Waals surface area contributed by atoms with Gasteiger partial charge in [0.1, 0.15) is 35.4 Å². The number of rotatable bonds is 9. The molecular formula is C45H48N10O5. The first-order valence-corrected chi connectivity index (χ1v) is 21.2. The standard InChI is InChI=1S/C45H48N10O5/c46-41-39-40(29-9-15-33(16-10-29)60-32-5-2-1-3-6-32)50-55(42(39)48-27-47-41)31-13-11-30(12-14-31)52-23-21-51(22-24-52)25-28-19-20-53(26-28)35-8-4-7-34-38(35)45(59)54(44(34)58)36-17-18-37(56)49-43(36)57/h1-10,15-16,27-28,30-31,36H,11-14,17-26H2,(H2,46,47,48)(H,49,56,57). The van der Waals surface area contributed by atoms with Gasteiger partial charge in [0, 0.05) is 63.8 Å². The van der Waals surface area contributed by atoms with Crippen molar-refractivity contribution in [1.29, 1.82) is 0 Å². The summed E-state index contributed by atoms with van der Waals surface area (Å²) in [5, 5.41) is 8.20. The molecule has 2 unspecified atom stereocenters. The van der Waals surface area contributed by atoms with E-state index in [-0.39, 0.29) is 24.8 Å². The van der Waals surface area contributed by atoms with Crippen LogP contribution in [0.3, 0.4) is 0 Å². The highest BCUT2D eigenvalue weighted by Crippen LogP contribution is 2.39. The van der Waals surface area contributed by atoms with Crippen LogP contribution in [-0.2, 0) is 9.59 Å². The van der Waals surface area contributed by atoms with Gasteiger partial charge in [-0.25, -0.2) is 14.6 Å². The summed E-state index contributed by atoms with van der Waals surface area (Å²) < 4.78 is 8.10. The molecule has 1 aliphatic carbocycles. The number of nitrogens with one attached hydrogen (secondary N) is 1. The molecule has 4 fully saturated rings. The molecule has 4 aliphatic heterocycles. The molecule has 15 nitrogen and oxygen atoms in total. The number of para-hydroxylation sites is 1. The van der Waals surface area contributed by atoms with Crippen molar-refractivity contribution in [3.63, 3.8) is 0 Å². The van der Waals surface area contributed by atoms with Crippen molar-refractivity contribution in [1.82, 2.24) is 39.8 Å². The quantitative estimate of drug-likeness (QED) is 0.194. The fraction of sp³-hybridized carbons (Fsp3) is 0.400. The van der Waals surface area contributed by atoms with E-state index >= 15 is 0 Å². The molecule has 2 aromatic heterocycles. The summed E-state index contributed by atoms with van der Waals surface area (Å²) in [7, 11) is 0. The van der Waals surface area contributed by atoms with E-state index < -0.39 is 23.8 Å². The maximum Gasteiger partial charge on any atom is 0.264 e. The molecule has 2 atom stereocenters. The largest absolute Gasteiger partial charge is 0.457 e. The van der Waals surface area contributed by atoms with Gasteiger partial charge in [0.05, 0.1) is 28.2 Å². The lowest BCUT2D eigenvalue weighted by Gasteiger charge is -2.42. The van der Waals surface area contributed by atoms with Crippen LogP contribution in [0.4, 0.5) is 11.5 Å². The van der Waals surface area contributed by atoms with E-state index in [2.05, 4.69) is 34.7 Å². The Balaban J connectivity index is 0.734. The summed E-state index contributed by atoms with van der Waals surface area (Å²) >= 11 is 0. The van der Waals surface area contributed by atoms with Gasteiger partial charge in [-0.1, -0.05) is 24.3 Å². The maximum absolute atomic E-state index is 13.7. The van der Waals surface area contributed by atoms with Crippen LogP contribution in [0.1, 0.15) is 71.7 Å². The molecule has 6 heterocycles.